The summed E-state index contributed by atoms with van der Waals surface area (Å²) in [5.74, 6) is 0.155. The minimum Gasteiger partial charge on any atom is -0.489 e. The van der Waals surface area contributed by atoms with Crippen molar-refractivity contribution >= 4 is 39.7 Å². The van der Waals surface area contributed by atoms with Gasteiger partial charge in [-0.15, -0.1) is 11.3 Å². The molecule has 0 atom stereocenters. The summed E-state index contributed by atoms with van der Waals surface area (Å²) in [6.07, 6.45) is 3.35. The van der Waals surface area contributed by atoms with Crippen LogP contribution in [0.3, 0.4) is 0 Å². The number of rotatable bonds is 11. The summed E-state index contributed by atoms with van der Waals surface area (Å²) in [5.41, 5.74) is 2.51. The highest BCUT2D eigenvalue weighted by Crippen LogP contribution is 2.28. The van der Waals surface area contributed by atoms with Crippen molar-refractivity contribution in [3.8, 4) is 10.9 Å². The number of para-hydroxylation sites is 1. The van der Waals surface area contributed by atoms with Gasteiger partial charge >= 0.3 is 5.69 Å². The number of ether oxygens (including phenoxy) is 3. The van der Waals surface area contributed by atoms with Crippen molar-refractivity contribution in [2.24, 2.45) is 0 Å². The highest BCUT2D eigenvalue weighted by atomic mass is 32.1. The first-order valence-corrected chi connectivity index (χ1v) is 13.1. The van der Waals surface area contributed by atoms with Crippen LogP contribution >= 0.6 is 11.3 Å². The molecule has 4 aromatic rings. The monoisotopic (exact) mass is 555 g/mol. The molecule has 1 saturated heterocycles. The van der Waals surface area contributed by atoms with E-state index in [9.17, 15) is 9.59 Å². The lowest BCUT2D eigenvalue weighted by atomic mass is 10.2. The molecule has 0 saturated carbocycles. The van der Waals surface area contributed by atoms with Gasteiger partial charge in [0.25, 0.3) is 5.91 Å². The second-order valence-electron chi connectivity index (χ2n) is 8.47. The number of piperazine rings is 1. The molecule has 3 N–H and O–H groups in total. The number of methoxy groups -OCH3 is 1. The molecular weight excluding hydrogens is 522 g/mol. The molecule has 1 aliphatic heterocycles. The molecule has 0 aliphatic carbocycles. The Morgan fingerprint density at radius 3 is 2.79 bits per heavy atom. The fourth-order valence-corrected chi connectivity index (χ4v) is 5.01. The van der Waals surface area contributed by atoms with E-state index in [1.54, 1.807) is 43.1 Å². The zero-order chi connectivity index (χ0) is 26.3. The third kappa shape index (κ3) is 6.45. The number of anilines is 2. The summed E-state index contributed by atoms with van der Waals surface area (Å²) in [6.45, 7) is 5.13. The summed E-state index contributed by atoms with van der Waals surface area (Å²) in [6, 6.07) is 7.27. The first kappa shape index (κ1) is 28.2. The van der Waals surface area contributed by atoms with Gasteiger partial charge in [-0.3, -0.25) is 9.78 Å². The lowest BCUT2D eigenvalue weighted by Gasteiger charge is -2.30. The Labute approximate surface area is 229 Å². The van der Waals surface area contributed by atoms with Crippen LogP contribution in [0.1, 0.15) is 17.9 Å². The summed E-state index contributed by atoms with van der Waals surface area (Å²) < 4.78 is 17.7. The molecule has 208 valence electrons. The van der Waals surface area contributed by atoms with E-state index in [-0.39, 0.29) is 24.7 Å². The smallest absolute Gasteiger partial charge is 0.333 e. The highest BCUT2D eigenvalue weighted by Gasteiger charge is 2.20. The summed E-state index contributed by atoms with van der Waals surface area (Å²) in [5, 5.41) is 8.26. The number of carbonyl (C=O) groups excluding carboxylic acids is 1. The molecule has 12 nitrogen and oxygen atoms in total. The number of H-pyrrole nitrogens is 1. The number of nitrogens with zero attached hydrogens (tertiary/aromatic N) is 4. The van der Waals surface area contributed by atoms with Crippen LogP contribution in [0.5, 0.6) is 5.75 Å². The number of hydrogen-bond donors (Lipinski definition) is 3. The van der Waals surface area contributed by atoms with Gasteiger partial charge in [-0.05, 0) is 18.2 Å². The highest BCUT2D eigenvalue weighted by molar-refractivity contribution is 7.12. The van der Waals surface area contributed by atoms with Crippen molar-refractivity contribution in [3.05, 3.63) is 58.2 Å². The van der Waals surface area contributed by atoms with Crippen molar-refractivity contribution in [2.45, 2.75) is 7.43 Å². The Balaban J connectivity index is 0.00000353. The number of aromatic nitrogens is 4. The topological polar surface area (TPSA) is 136 Å². The summed E-state index contributed by atoms with van der Waals surface area (Å²) >= 11 is 1.21. The number of carbonyl (C=O) groups is 1. The molecule has 13 heteroatoms. The van der Waals surface area contributed by atoms with Gasteiger partial charge in [-0.1, -0.05) is 13.5 Å². The van der Waals surface area contributed by atoms with Gasteiger partial charge in [0.15, 0.2) is 5.13 Å². The number of imidazole rings is 1. The van der Waals surface area contributed by atoms with Crippen LogP contribution in [0.2, 0.25) is 0 Å². The molecule has 39 heavy (non-hydrogen) atoms. The van der Waals surface area contributed by atoms with Gasteiger partial charge in [0, 0.05) is 44.9 Å². The van der Waals surface area contributed by atoms with E-state index in [1.807, 2.05) is 6.07 Å². The maximum Gasteiger partial charge on any atom is 0.333 e. The number of fused-ring (bicyclic) bond motifs is 1. The molecule has 1 amide bonds. The van der Waals surface area contributed by atoms with Crippen LogP contribution in [0.15, 0.2) is 46.8 Å². The van der Waals surface area contributed by atoms with E-state index in [0.29, 0.717) is 54.0 Å². The molecule has 1 aromatic carbocycles. The number of nitrogens with one attached hydrogen (secondary N) is 3. The summed E-state index contributed by atoms with van der Waals surface area (Å²) in [7, 11) is 1.62. The van der Waals surface area contributed by atoms with Gasteiger partial charge < -0.3 is 34.7 Å². The number of aromatic amines is 1. The predicted octanol–water partition coefficient (Wildman–Crippen LogP) is 2.51. The first-order chi connectivity index (χ1) is 18.7. The van der Waals surface area contributed by atoms with Crippen LogP contribution in [0.25, 0.3) is 16.2 Å². The molecule has 1 fully saturated rings. The molecule has 0 spiro atoms. The molecule has 1 aliphatic rings. The van der Waals surface area contributed by atoms with E-state index < -0.39 is 0 Å². The Morgan fingerprint density at radius 1 is 1.15 bits per heavy atom. The molecule has 0 bridgehead atoms. The van der Waals surface area contributed by atoms with E-state index >= 15 is 0 Å². The third-order valence-electron chi connectivity index (χ3n) is 6.02. The standard InChI is InChI=1S/C25H29N7O5S.CH4/c1-35-11-12-36-13-14-37-21-4-2-3-20-22(21)30-24(34)32(20)25-29-18(16-38-25)23(33)28-17-15-27-6-5-19(17)31-9-7-26-8-10-31;/h2-6,15-16,26H,7-14H2,1H3,(H,28,33)(H,30,34);1H4. The lowest BCUT2D eigenvalue weighted by molar-refractivity contribution is 0.0546. The SMILES string of the molecule is C.COCCOCCOc1cccc2c1[nH]c(=O)n2-c1nc(C(=O)Nc2cnccc2N2CCNCC2)cs1. The van der Waals surface area contributed by atoms with Crippen molar-refractivity contribution in [1.29, 1.82) is 0 Å². The molecule has 5 rings (SSSR count). The normalized spacial score (nSPS) is 13.3. The predicted molar refractivity (Wildman–Crippen MR) is 152 cm³/mol. The van der Waals surface area contributed by atoms with Gasteiger partial charge in [-0.2, -0.15) is 0 Å². The van der Waals surface area contributed by atoms with Crippen molar-refractivity contribution in [2.75, 3.05) is 69.9 Å². The average Bonchev–Trinajstić information content (AvgIpc) is 3.56. The third-order valence-corrected chi connectivity index (χ3v) is 6.84. The fourth-order valence-electron chi connectivity index (χ4n) is 4.19. The number of amides is 1. The Morgan fingerprint density at radius 2 is 1.97 bits per heavy atom. The van der Waals surface area contributed by atoms with Gasteiger partial charge in [-0.25, -0.2) is 14.3 Å². The Kier molecular flexibility index (Phi) is 9.65. The van der Waals surface area contributed by atoms with Crippen LogP contribution in [0, 0.1) is 0 Å². The number of pyridine rings is 1. The molecule has 4 heterocycles. The van der Waals surface area contributed by atoms with E-state index in [4.69, 9.17) is 14.2 Å². The first-order valence-electron chi connectivity index (χ1n) is 12.3. The Hall–Kier alpha value is -3.78. The number of benzene rings is 1. The molecular formula is C26H33N7O5S. The van der Waals surface area contributed by atoms with Crippen LogP contribution in [-0.2, 0) is 9.47 Å². The zero-order valence-electron chi connectivity index (χ0n) is 20.9. The molecule has 0 unspecified atom stereocenters. The van der Waals surface area contributed by atoms with E-state index in [0.717, 1.165) is 31.9 Å². The Bertz CT molecular complexity index is 1440. The minimum absolute atomic E-state index is 0. The maximum atomic E-state index is 13.1. The van der Waals surface area contributed by atoms with Gasteiger partial charge in [0.1, 0.15) is 23.6 Å². The van der Waals surface area contributed by atoms with Gasteiger partial charge in [0.05, 0.1) is 42.9 Å². The van der Waals surface area contributed by atoms with Crippen LogP contribution < -0.4 is 26.0 Å². The second-order valence-corrected chi connectivity index (χ2v) is 9.31. The van der Waals surface area contributed by atoms with Crippen LogP contribution in [-0.4, -0.2) is 85.1 Å². The van der Waals surface area contributed by atoms with Crippen molar-refractivity contribution in [3.63, 3.8) is 0 Å². The van der Waals surface area contributed by atoms with Crippen molar-refractivity contribution < 1.29 is 19.0 Å². The zero-order valence-corrected chi connectivity index (χ0v) is 21.8. The largest absolute Gasteiger partial charge is 0.489 e. The molecule has 3 aromatic heterocycles. The maximum absolute atomic E-state index is 13.1. The van der Waals surface area contributed by atoms with E-state index in [2.05, 4.69) is 30.5 Å². The fraction of sp³-hybridized carbons (Fsp3) is 0.385. The quantitative estimate of drug-likeness (QED) is 0.239. The minimum atomic E-state index is -0.373. The number of thiazole rings is 1. The average molecular weight is 556 g/mol. The summed E-state index contributed by atoms with van der Waals surface area (Å²) in [4.78, 5) is 39.7. The van der Waals surface area contributed by atoms with Crippen molar-refractivity contribution in [1.82, 2.24) is 24.8 Å². The number of hydrogen-bond acceptors (Lipinski definition) is 10. The van der Waals surface area contributed by atoms with E-state index in [1.165, 1.54) is 15.9 Å². The van der Waals surface area contributed by atoms with Gasteiger partial charge in [0.2, 0.25) is 0 Å². The van der Waals surface area contributed by atoms with Crippen LogP contribution in [0.4, 0.5) is 11.4 Å². The lowest BCUT2D eigenvalue weighted by Crippen LogP contribution is -2.43. The molecule has 0 radical (unpaired) electrons. The second kappa shape index (κ2) is 13.3.